The van der Waals surface area contributed by atoms with Crippen LogP contribution in [0, 0.1) is 12.7 Å². The van der Waals surface area contributed by atoms with Crippen LogP contribution in [-0.2, 0) is 0 Å². The number of nitrogens with one attached hydrogen (secondary N) is 3. The molecule has 0 aliphatic carbocycles. The number of hydrogen-bond acceptors (Lipinski definition) is 4. The van der Waals surface area contributed by atoms with E-state index in [0.717, 1.165) is 28.0 Å². The van der Waals surface area contributed by atoms with Gasteiger partial charge in [-0.3, -0.25) is 4.98 Å². The SMILES string of the molecule is CNc1cc2nc(C)c(-c3ccc(F)c(NC(=O)NCCC(C)(C)F)c3)cc2cn1. The molecule has 0 radical (unpaired) electrons. The van der Waals surface area contributed by atoms with Crippen LogP contribution in [0.15, 0.2) is 36.5 Å². The highest BCUT2D eigenvalue weighted by atomic mass is 19.1. The molecule has 0 spiro atoms. The fraction of sp³-hybridized carbons (Fsp3) is 0.318. The van der Waals surface area contributed by atoms with Gasteiger partial charge in [0, 0.05) is 42.5 Å². The minimum atomic E-state index is -1.39. The zero-order valence-electron chi connectivity index (χ0n) is 17.4. The molecule has 0 bridgehead atoms. The van der Waals surface area contributed by atoms with E-state index in [0.29, 0.717) is 5.56 Å². The van der Waals surface area contributed by atoms with Gasteiger partial charge in [-0.25, -0.2) is 18.6 Å². The van der Waals surface area contributed by atoms with E-state index in [9.17, 15) is 13.6 Å². The summed E-state index contributed by atoms with van der Waals surface area (Å²) in [4.78, 5) is 21.0. The van der Waals surface area contributed by atoms with Crippen molar-refractivity contribution in [2.75, 3.05) is 24.2 Å². The van der Waals surface area contributed by atoms with Crippen molar-refractivity contribution >= 4 is 28.4 Å². The lowest BCUT2D eigenvalue weighted by molar-refractivity contribution is 0.200. The van der Waals surface area contributed by atoms with E-state index in [2.05, 4.69) is 25.9 Å². The van der Waals surface area contributed by atoms with Crippen molar-refractivity contribution in [3.63, 3.8) is 0 Å². The molecule has 2 amide bonds. The number of carbonyl (C=O) groups excluding carboxylic acids is 1. The maximum absolute atomic E-state index is 14.3. The van der Waals surface area contributed by atoms with E-state index in [-0.39, 0.29) is 18.7 Å². The number of pyridine rings is 2. The van der Waals surface area contributed by atoms with E-state index >= 15 is 0 Å². The molecule has 3 rings (SSSR count). The number of aryl methyl sites for hydroxylation is 1. The summed E-state index contributed by atoms with van der Waals surface area (Å²) in [5.41, 5.74) is 1.73. The quantitative estimate of drug-likeness (QED) is 0.529. The lowest BCUT2D eigenvalue weighted by atomic mass is 10.0. The third kappa shape index (κ3) is 5.20. The molecule has 8 heteroatoms. The van der Waals surface area contributed by atoms with Crippen LogP contribution in [0.2, 0.25) is 0 Å². The van der Waals surface area contributed by atoms with Gasteiger partial charge in [0.2, 0.25) is 0 Å². The number of anilines is 2. The Morgan fingerprint density at radius 1 is 1.20 bits per heavy atom. The molecule has 0 atom stereocenters. The first-order valence-corrected chi connectivity index (χ1v) is 9.65. The van der Waals surface area contributed by atoms with Crippen molar-refractivity contribution in [3.05, 3.63) is 48.0 Å². The maximum Gasteiger partial charge on any atom is 0.319 e. The third-order valence-electron chi connectivity index (χ3n) is 4.68. The van der Waals surface area contributed by atoms with Crippen LogP contribution in [-0.4, -0.2) is 35.3 Å². The van der Waals surface area contributed by atoms with Gasteiger partial charge in [-0.1, -0.05) is 6.07 Å². The highest BCUT2D eigenvalue weighted by Crippen LogP contribution is 2.29. The predicted molar refractivity (Wildman–Crippen MR) is 116 cm³/mol. The number of aromatic nitrogens is 2. The number of urea groups is 1. The smallest absolute Gasteiger partial charge is 0.319 e. The molecule has 0 saturated carbocycles. The number of halogens is 2. The van der Waals surface area contributed by atoms with Gasteiger partial charge in [-0.2, -0.15) is 0 Å². The second-order valence-electron chi connectivity index (χ2n) is 7.68. The lowest BCUT2D eigenvalue weighted by Gasteiger charge is -2.15. The number of nitrogens with zero attached hydrogens (tertiary/aromatic N) is 2. The van der Waals surface area contributed by atoms with Gasteiger partial charge >= 0.3 is 6.03 Å². The van der Waals surface area contributed by atoms with Crippen LogP contribution < -0.4 is 16.0 Å². The maximum atomic E-state index is 14.3. The van der Waals surface area contributed by atoms with Crippen molar-refractivity contribution in [2.24, 2.45) is 0 Å². The molecule has 3 N–H and O–H groups in total. The Hall–Kier alpha value is -3.29. The summed E-state index contributed by atoms with van der Waals surface area (Å²) in [5, 5.41) is 8.85. The molecule has 3 aromatic rings. The Bertz CT molecular complexity index is 1080. The summed E-state index contributed by atoms with van der Waals surface area (Å²) in [6.07, 6.45) is 1.88. The number of alkyl halides is 1. The standard InChI is InChI=1S/C22H25F2N5O/c1-13-16(9-15-12-27-20(25-4)11-18(15)28-13)14-5-6-17(23)19(10-14)29-21(30)26-8-7-22(2,3)24/h5-6,9-12H,7-8H2,1-4H3,(H,25,27)(H2,26,29,30). The lowest BCUT2D eigenvalue weighted by Crippen LogP contribution is -2.32. The number of amides is 2. The van der Waals surface area contributed by atoms with Gasteiger partial charge in [0.15, 0.2) is 0 Å². The number of rotatable bonds is 6. The molecule has 1 aromatic carbocycles. The average Bonchev–Trinajstić information content (AvgIpc) is 2.67. The van der Waals surface area contributed by atoms with Gasteiger partial charge in [-0.15, -0.1) is 0 Å². The normalized spacial score (nSPS) is 11.4. The summed E-state index contributed by atoms with van der Waals surface area (Å²) in [7, 11) is 1.79. The molecule has 0 saturated heterocycles. The van der Waals surface area contributed by atoms with E-state index in [4.69, 9.17) is 0 Å². The molecule has 30 heavy (non-hydrogen) atoms. The molecule has 2 heterocycles. The minimum absolute atomic E-state index is 0.0349. The second kappa shape index (κ2) is 8.61. The van der Waals surface area contributed by atoms with Gasteiger partial charge in [0.25, 0.3) is 0 Å². The number of benzene rings is 1. The summed E-state index contributed by atoms with van der Waals surface area (Å²) in [6, 6.07) is 7.68. The Labute approximate surface area is 174 Å². The van der Waals surface area contributed by atoms with Crippen LogP contribution in [0.3, 0.4) is 0 Å². The van der Waals surface area contributed by atoms with Crippen LogP contribution >= 0.6 is 0 Å². The largest absolute Gasteiger partial charge is 0.373 e. The minimum Gasteiger partial charge on any atom is -0.373 e. The fourth-order valence-electron chi connectivity index (χ4n) is 3.02. The molecule has 2 aromatic heterocycles. The average molecular weight is 413 g/mol. The summed E-state index contributed by atoms with van der Waals surface area (Å²) < 4.78 is 27.8. The van der Waals surface area contributed by atoms with Crippen molar-refractivity contribution < 1.29 is 13.6 Å². The van der Waals surface area contributed by atoms with E-state index in [1.807, 2.05) is 19.1 Å². The summed E-state index contributed by atoms with van der Waals surface area (Å²) in [5.74, 6) is 0.157. The van der Waals surface area contributed by atoms with Crippen LogP contribution in [0.5, 0.6) is 0 Å². The fourth-order valence-corrected chi connectivity index (χ4v) is 3.02. The molecular weight excluding hydrogens is 388 g/mol. The number of carbonyl (C=O) groups is 1. The van der Waals surface area contributed by atoms with E-state index < -0.39 is 17.5 Å². The molecule has 0 aliphatic rings. The zero-order valence-corrected chi connectivity index (χ0v) is 17.4. The third-order valence-corrected chi connectivity index (χ3v) is 4.68. The molecule has 0 unspecified atom stereocenters. The Kier molecular flexibility index (Phi) is 6.14. The Balaban J connectivity index is 1.84. The number of fused-ring (bicyclic) bond motifs is 1. The van der Waals surface area contributed by atoms with Gasteiger partial charge in [-0.05, 0) is 51.0 Å². The van der Waals surface area contributed by atoms with Gasteiger partial charge in [0.05, 0.1) is 11.2 Å². The predicted octanol–water partition coefficient (Wildman–Crippen LogP) is 5.05. The second-order valence-corrected chi connectivity index (χ2v) is 7.68. The highest BCUT2D eigenvalue weighted by molar-refractivity contribution is 5.91. The van der Waals surface area contributed by atoms with Gasteiger partial charge in [0.1, 0.15) is 17.3 Å². The van der Waals surface area contributed by atoms with Crippen LogP contribution in [0.25, 0.3) is 22.0 Å². The van der Waals surface area contributed by atoms with Crippen molar-refractivity contribution in [1.29, 1.82) is 0 Å². The Morgan fingerprint density at radius 2 is 1.97 bits per heavy atom. The molecule has 6 nitrogen and oxygen atoms in total. The van der Waals surface area contributed by atoms with E-state index in [1.54, 1.807) is 25.4 Å². The first-order valence-electron chi connectivity index (χ1n) is 9.65. The highest BCUT2D eigenvalue weighted by Gasteiger charge is 2.16. The molecule has 0 aliphatic heterocycles. The topological polar surface area (TPSA) is 78.9 Å². The first kappa shape index (κ1) is 21.4. The summed E-state index contributed by atoms with van der Waals surface area (Å²) >= 11 is 0. The van der Waals surface area contributed by atoms with Crippen molar-refractivity contribution in [1.82, 2.24) is 15.3 Å². The van der Waals surface area contributed by atoms with Crippen LogP contribution in [0.4, 0.5) is 25.1 Å². The zero-order chi connectivity index (χ0) is 21.9. The summed E-state index contributed by atoms with van der Waals surface area (Å²) in [6.45, 7) is 4.89. The van der Waals surface area contributed by atoms with Crippen molar-refractivity contribution in [2.45, 2.75) is 32.9 Å². The Morgan fingerprint density at radius 3 is 2.67 bits per heavy atom. The van der Waals surface area contributed by atoms with Crippen LogP contribution in [0.1, 0.15) is 26.0 Å². The molecular formula is C22H25F2N5O. The first-order chi connectivity index (χ1) is 14.2. The number of hydrogen-bond donors (Lipinski definition) is 3. The van der Waals surface area contributed by atoms with Gasteiger partial charge < -0.3 is 16.0 Å². The monoisotopic (exact) mass is 413 g/mol. The van der Waals surface area contributed by atoms with Crippen molar-refractivity contribution in [3.8, 4) is 11.1 Å². The molecule has 158 valence electrons. The van der Waals surface area contributed by atoms with E-state index in [1.165, 1.54) is 19.9 Å². The molecule has 0 fully saturated rings.